The summed E-state index contributed by atoms with van der Waals surface area (Å²) < 4.78 is 36.2. The average Bonchev–Trinajstić information content (AvgIpc) is 3.67. The monoisotopic (exact) mass is 789 g/mol. The number of phenolic OH excluding ortho intramolecular Hbond substituents is 2. The molecule has 3 aromatic carbocycles. The maximum Gasteiger partial charge on any atom is 0.331 e. The number of phenols is 2. The number of rotatable bonds is 5. The van der Waals surface area contributed by atoms with E-state index in [0.717, 1.165) is 22.3 Å². The number of aromatic hydroxyl groups is 2. The van der Waals surface area contributed by atoms with Gasteiger partial charge in [-0.2, -0.15) is 0 Å². The molecule has 7 atom stereocenters. The summed E-state index contributed by atoms with van der Waals surface area (Å²) in [4.78, 5) is 32.2. The predicted octanol–water partition coefficient (Wildman–Crippen LogP) is 4.19. The molecule has 0 aromatic heterocycles. The van der Waals surface area contributed by atoms with Crippen molar-refractivity contribution in [2.45, 2.75) is 87.6 Å². The third-order valence-corrected chi connectivity index (χ3v) is 14.2. The van der Waals surface area contributed by atoms with E-state index in [9.17, 15) is 24.9 Å². The lowest BCUT2D eigenvalue weighted by atomic mass is 9.73. The first-order valence-corrected chi connectivity index (χ1v) is 20.2. The summed E-state index contributed by atoms with van der Waals surface area (Å²) in [6, 6.07) is 3.18. The first kappa shape index (κ1) is 37.2. The van der Waals surface area contributed by atoms with Crippen LogP contribution in [0.2, 0.25) is 0 Å². The fraction of sp³-hybridized carbons (Fsp3) is 0.512. The summed E-state index contributed by atoms with van der Waals surface area (Å²) in [6.07, 6.45) is 0.806. The van der Waals surface area contributed by atoms with Gasteiger partial charge >= 0.3 is 11.9 Å². The van der Waals surface area contributed by atoms with E-state index in [4.69, 9.17) is 28.4 Å². The molecular weight excluding hydrogens is 743 g/mol. The molecule has 15 heteroatoms. The standard InChI is InChI=1S/C41H47N3O11S/c1-7-8-27(46)55-37-28-21(11-18(2)34(37)51-6)12-23-39(48)44-24-15-52-40(49)41(22-14-26(50-5)25(45)13-20(22)9-10-42-41)16-56-38(32(44)31(28)43(23)4)30-29(24)36-35(53-17-54-36)19(3)33(30)47/h11,13-14,23-24,31-32,38-39,42,45,47-48H,7-10,12,15-17H2,1-6H3/t23-,24-,31-,32?,38+,39-,41+/m0/s1. The zero-order valence-corrected chi connectivity index (χ0v) is 33.1. The molecule has 0 saturated carbocycles. The van der Waals surface area contributed by atoms with Crippen LogP contribution in [0.15, 0.2) is 18.2 Å². The molecule has 1 spiro atoms. The van der Waals surface area contributed by atoms with E-state index in [1.54, 1.807) is 26.2 Å². The van der Waals surface area contributed by atoms with Crippen molar-refractivity contribution < 1.29 is 53.3 Å². The Kier molecular flexibility index (Phi) is 9.04. The van der Waals surface area contributed by atoms with Crippen LogP contribution in [0, 0.1) is 13.8 Å². The number of piperazine rings is 1. The molecule has 56 heavy (non-hydrogen) atoms. The second-order valence-corrected chi connectivity index (χ2v) is 16.7. The second-order valence-electron chi connectivity index (χ2n) is 15.6. The highest BCUT2D eigenvalue weighted by atomic mass is 32.2. The molecule has 7 aliphatic heterocycles. The van der Waals surface area contributed by atoms with Gasteiger partial charge in [0, 0.05) is 47.0 Å². The minimum absolute atomic E-state index is 0.0184. The van der Waals surface area contributed by atoms with Crippen molar-refractivity contribution in [3.8, 4) is 40.2 Å². The van der Waals surface area contributed by atoms with Crippen LogP contribution in [0.5, 0.6) is 40.2 Å². The van der Waals surface area contributed by atoms with Crippen LogP contribution in [0.25, 0.3) is 0 Å². The van der Waals surface area contributed by atoms with Crippen molar-refractivity contribution in [1.82, 2.24) is 15.1 Å². The lowest BCUT2D eigenvalue weighted by molar-refractivity contribution is -0.186. The highest BCUT2D eigenvalue weighted by Gasteiger charge is 2.61. The smallest absolute Gasteiger partial charge is 0.331 e. The minimum Gasteiger partial charge on any atom is -0.507 e. The number of methoxy groups -OCH3 is 2. The van der Waals surface area contributed by atoms with Gasteiger partial charge in [0.25, 0.3) is 0 Å². The summed E-state index contributed by atoms with van der Waals surface area (Å²) in [5, 5.41) is 38.6. The van der Waals surface area contributed by atoms with E-state index in [1.165, 1.54) is 18.9 Å². The Balaban J connectivity index is 1.29. The minimum atomic E-state index is -1.35. The summed E-state index contributed by atoms with van der Waals surface area (Å²) in [7, 11) is 5.01. The third-order valence-electron chi connectivity index (χ3n) is 12.7. The number of nitrogens with zero attached hydrogens (tertiary/aromatic N) is 2. The number of esters is 2. The number of fused-ring (bicyclic) bond motifs is 9. The van der Waals surface area contributed by atoms with E-state index in [-0.39, 0.29) is 48.8 Å². The topological polar surface area (TPSA) is 169 Å². The van der Waals surface area contributed by atoms with Crippen molar-refractivity contribution in [3.05, 3.63) is 62.7 Å². The van der Waals surface area contributed by atoms with Crippen molar-refractivity contribution in [1.29, 1.82) is 0 Å². The van der Waals surface area contributed by atoms with Crippen LogP contribution >= 0.6 is 11.8 Å². The van der Waals surface area contributed by atoms with Crippen molar-refractivity contribution >= 4 is 23.7 Å². The number of aliphatic hydroxyl groups excluding tert-OH is 1. The van der Waals surface area contributed by atoms with E-state index in [1.807, 2.05) is 25.8 Å². The van der Waals surface area contributed by atoms with Crippen LogP contribution in [-0.4, -0.2) is 102 Å². The molecule has 3 aromatic rings. The van der Waals surface area contributed by atoms with Crippen molar-refractivity contribution in [3.63, 3.8) is 0 Å². The molecule has 0 radical (unpaired) electrons. The normalized spacial score (nSPS) is 28.8. The number of ether oxygens (including phenoxy) is 6. The van der Waals surface area contributed by atoms with Gasteiger partial charge in [-0.1, -0.05) is 13.0 Å². The van der Waals surface area contributed by atoms with Gasteiger partial charge in [0.05, 0.1) is 37.6 Å². The van der Waals surface area contributed by atoms with E-state index >= 15 is 0 Å². The van der Waals surface area contributed by atoms with Gasteiger partial charge in [0.1, 0.15) is 18.6 Å². The molecule has 0 amide bonds. The highest BCUT2D eigenvalue weighted by molar-refractivity contribution is 7.99. The molecule has 298 valence electrons. The molecule has 7 heterocycles. The summed E-state index contributed by atoms with van der Waals surface area (Å²) in [5.41, 5.74) is 4.38. The maximum absolute atomic E-state index is 14.7. The van der Waals surface area contributed by atoms with Gasteiger partial charge in [-0.15, -0.1) is 11.8 Å². The maximum atomic E-state index is 14.7. The highest BCUT2D eigenvalue weighted by Crippen LogP contribution is 2.64. The number of benzene rings is 3. The number of thioether (sulfide) groups is 1. The zero-order valence-electron chi connectivity index (χ0n) is 32.3. The number of hydrogen-bond donors (Lipinski definition) is 4. The fourth-order valence-electron chi connectivity index (χ4n) is 10.2. The van der Waals surface area contributed by atoms with Crippen LogP contribution in [0.1, 0.15) is 81.6 Å². The second kappa shape index (κ2) is 13.6. The number of likely N-dealkylation sites (N-methyl/N-ethyl adjacent to an activating group) is 1. The Hall–Kier alpha value is -4.41. The number of nitrogens with one attached hydrogen (secondary N) is 1. The average molecular weight is 790 g/mol. The molecule has 10 rings (SSSR count). The zero-order chi connectivity index (χ0) is 39.4. The fourth-order valence-corrected chi connectivity index (χ4v) is 11.9. The molecule has 7 aliphatic rings. The number of hydrogen-bond acceptors (Lipinski definition) is 15. The number of aryl methyl sites for hydroxylation is 1. The first-order valence-electron chi connectivity index (χ1n) is 19.1. The Labute approximate surface area is 328 Å². The molecule has 2 saturated heterocycles. The molecule has 1 unspecified atom stereocenters. The Morgan fingerprint density at radius 3 is 2.57 bits per heavy atom. The van der Waals surface area contributed by atoms with E-state index in [0.29, 0.717) is 71.1 Å². The molecule has 4 bridgehead atoms. The van der Waals surface area contributed by atoms with Gasteiger partial charge in [0.15, 0.2) is 40.0 Å². The van der Waals surface area contributed by atoms with Crippen LogP contribution in [0.3, 0.4) is 0 Å². The van der Waals surface area contributed by atoms with E-state index < -0.39 is 47.2 Å². The first-order chi connectivity index (χ1) is 26.9. The SMILES string of the molecule is CCCC(=O)Oc1c(OC)c(C)cc2c1[C@H]1C3[C@@H]4SC[C@]5(NCCc6cc(O)c(OC)cc65)C(=O)OC[C@@H](c5c6c(c(C)c(O)c54)OCO6)N3[C@@H](O)[C@H](C2)N1C. The number of aliphatic hydroxyl groups is 1. The summed E-state index contributed by atoms with van der Waals surface area (Å²) in [6.45, 7) is 5.85. The van der Waals surface area contributed by atoms with Crippen LogP contribution in [-0.2, 0) is 32.7 Å². The summed E-state index contributed by atoms with van der Waals surface area (Å²) >= 11 is 1.47. The largest absolute Gasteiger partial charge is 0.507 e. The molecular formula is C41H47N3O11S. The van der Waals surface area contributed by atoms with Gasteiger partial charge in [-0.05, 0) is 74.5 Å². The molecule has 4 N–H and O–H groups in total. The Bertz CT molecular complexity index is 2160. The van der Waals surface area contributed by atoms with Crippen LogP contribution < -0.4 is 29.0 Å². The number of carbonyl (C=O) groups is 2. The Morgan fingerprint density at radius 1 is 1.04 bits per heavy atom. The number of carbonyl (C=O) groups excluding carboxylic acids is 2. The lowest BCUT2D eigenvalue weighted by Crippen LogP contribution is -2.70. The van der Waals surface area contributed by atoms with Gasteiger partial charge in [-0.3, -0.25) is 19.9 Å². The third kappa shape index (κ3) is 5.16. The molecule has 2 fully saturated rings. The van der Waals surface area contributed by atoms with Gasteiger partial charge in [-0.25, -0.2) is 4.79 Å². The molecule has 0 aliphatic carbocycles. The predicted molar refractivity (Wildman–Crippen MR) is 204 cm³/mol. The Morgan fingerprint density at radius 2 is 1.82 bits per heavy atom. The van der Waals surface area contributed by atoms with Gasteiger partial charge < -0.3 is 43.7 Å². The van der Waals surface area contributed by atoms with Gasteiger partial charge in [0.2, 0.25) is 6.79 Å². The molecule has 14 nitrogen and oxygen atoms in total. The lowest BCUT2D eigenvalue weighted by Gasteiger charge is -2.62. The van der Waals surface area contributed by atoms with E-state index in [2.05, 4.69) is 16.3 Å². The van der Waals surface area contributed by atoms with Crippen LogP contribution in [0.4, 0.5) is 0 Å². The quantitative estimate of drug-likeness (QED) is 0.214. The summed E-state index contributed by atoms with van der Waals surface area (Å²) in [5.74, 6) is 1.23. The van der Waals surface area contributed by atoms with Crippen molar-refractivity contribution in [2.75, 3.05) is 47.0 Å². The van der Waals surface area contributed by atoms with Crippen molar-refractivity contribution in [2.24, 2.45) is 0 Å².